The van der Waals surface area contributed by atoms with Gasteiger partial charge in [-0.15, -0.1) is 0 Å². The first kappa shape index (κ1) is 30.0. The average Bonchev–Trinajstić information content (AvgIpc) is 2.85. The van der Waals surface area contributed by atoms with Crippen LogP contribution in [0.3, 0.4) is 0 Å². The number of benzene rings is 2. The van der Waals surface area contributed by atoms with Crippen molar-refractivity contribution in [3.05, 3.63) is 59.7 Å². The Kier molecular flexibility index (Phi) is 10.8. The van der Waals surface area contributed by atoms with Gasteiger partial charge in [0.2, 0.25) is 21.8 Å². The zero-order valence-corrected chi connectivity index (χ0v) is 22.6. The zero-order valence-electron chi connectivity index (χ0n) is 21.8. The first-order valence-electron chi connectivity index (χ1n) is 12.0. The minimum absolute atomic E-state index is 0.0385. The van der Waals surface area contributed by atoms with Gasteiger partial charge in [0.1, 0.15) is 11.8 Å². The maximum absolute atomic E-state index is 13.7. The molecule has 2 aromatic carbocycles. The number of amides is 2. The van der Waals surface area contributed by atoms with Gasteiger partial charge in [0.15, 0.2) is 11.6 Å². The number of anilines is 1. The maximum Gasteiger partial charge on any atom is 0.242 e. The number of nitrogens with zero attached hydrogens (tertiary/aromatic N) is 2. The summed E-state index contributed by atoms with van der Waals surface area (Å²) in [5, 5.41) is 2.89. The van der Waals surface area contributed by atoms with Crippen molar-refractivity contribution >= 4 is 27.5 Å². The summed E-state index contributed by atoms with van der Waals surface area (Å²) in [6.07, 6.45) is 1.71. The standard InChI is InChI=1S/C26H35F2N3O5S/c1-6-18(2)29-26(33)19(3)30(17-20-9-7-10-22(15-20)36-4)25(32)11-8-14-31(37(5,34)35)21-12-13-23(27)24(28)16-21/h7,9-10,12-13,15-16,18-19H,6,8,11,14,17H2,1-5H3,(H,29,33). The third-order valence-corrected chi connectivity index (χ3v) is 7.19. The molecule has 0 aromatic heterocycles. The van der Waals surface area contributed by atoms with Gasteiger partial charge in [-0.2, -0.15) is 0 Å². The zero-order chi connectivity index (χ0) is 27.8. The van der Waals surface area contributed by atoms with Crippen LogP contribution in [0, 0.1) is 11.6 Å². The minimum atomic E-state index is -3.83. The minimum Gasteiger partial charge on any atom is -0.497 e. The predicted octanol–water partition coefficient (Wildman–Crippen LogP) is 3.85. The quantitative estimate of drug-likeness (QED) is 0.417. The molecule has 11 heteroatoms. The Morgan fingerprint density at radius 1 is 1.08 bits per heavy atom. The summed E-state index contributed by atoms with van der Waals surface area (Å²) in [7, 11) is -2.29. The Bertz CT molecular complexity index is 1190. The van der Waals surface area contributed by atoms with E-state index in [0.29, 0.717) is 5.75 Å². The lowest BCUT2D eigenvalue weighted by atomic mass is 10.1. The van der Waals surface area contributed by atoms with Gasteiger partial charge in [0, 0.05) is 31.6 Å². The van der Waals surface area contributed by atoms with E-state index in [1.54, 1.807) is 25.1 Å². The molecule has 0 aliphatic heterocycles. The SMILES string of the molecule is CCC(C)NC(=O)C(C)N(Cc1cccc(OC)c1)C(=O)CCCN(c1ccc(F)c(F)c1)S(C)(=O)=O. The fourth-order valence-electron chi connectivity index (χ4n) is 3.66. The molecule has 2 atom stereocenters. The Morgan fingerprint density at radius 3 is 2.38 bits per heavy atom. The molecule has 0 saturated carbocycles. The molecule has 2 rings (SSSR count). The third kappa shape index (κ3) is 8.70. The lowest BCUT2D eigenvalue weighted by Crippen LogP contribution is -2.49. The number of halogens is 2. The fraction of sp³-hybridized carbons (Fsp3) is 0.462. The molecular weight excluding hydrogens is 504 g/mol. The normalized spacial score (nSPS) is 12.9. The summed E-state index contributed by atoms with van der Waals surface area (Å²) >= 11 is 0. The van der Waals surface area contributed by atoms with E-state index in [0.717, 1.165) is 40.7 Å². The number of hydrogen-bond acceptors (Lipinski definition) is 5. The Balaban J connectivity index is 2.21. The fourth-order valence-corrected chi connectivity index (χ4v) is 4.62. The summed E-state index contributed by atoms with van der Waals surface area (Å²) < 4.78 is 57.9. The molecular formula is C26H35F2N3O5S. The van der Waals surface area contributed by atoms with E-state index in [1.807, 2.05) is 19.9 Å². The summed E-state index contributed by atoms with van der Waals surface area (Å²) in [5.74, 6) is -2.31. The first-order valence-corrected chi connectivity index (χ1v) is 13.9. The van der Waals surface area contributed by atoms with Gasteiger partial charge in [-0.3, -0.25) is 13.9 Å². The molecule has 0 spiro atoms. The van der Waals surface area contributed by atoms with E-state index < -0.39 is 27.7 Å². The van der Waals surface area contributed by atoms with Crippen molar-refractivity contribution in [2.24, 2.45) is 0 Å². The Labute approximate surface area is 217 Å². The van der Waals surface area contributed by atoms with Gasteiger partial charge in [-0.25, -0.2) is 17.2 Å². The third-order valence-electron chi connectivity index (χ3n) is 6.00. The summed E-state index contributed by atoms with van der Waals surface area (Å²) in [6, 6.07) is 9.10. The molecule has 37 heavy (non-hydrogen) atoms. The van der Waals surface area contributed by atoms with Crippen LogP contribution >= 0.6 is 0 Å². The average molecular weight is 540 g/mol. The number of nitrogens with one attached hydrogen (secondary N) is 1. The van der Waals surface area contributed by atoms with Crippen molar-refractivity contribution in [3.8, 4) is 5.75 Å². The number of ether oxygens (including phenoxy) is 1. The van der Waals surface area contributed by atoms with Crippen LogP contribution in [-0.2, 0) is 26.2 Å². The van der Waals surface area contributed by atoms with Crippen molar-refractivity contribution in [2.45, 2.75) is 58.7 Å². The number of sulfonamides is 1. The van der Waals surface area contributed by atoms with E-state index in [9.17, 15) is 26.8 Å². The van der Waals surface area contributed by atoms with Crippen molar-refractivity contribution in [1.29, 1.82) is 0 Å². The largest absolute Gasteiger partial charge is 0.497 e. The number of hydrogen-bond donors (Lipinski definition) is 1. The number of carbonyl (C=O) groups excluding carboxylic acids is 2. The number of carbonyl (C=O) groups is 2. The van der Waals surface area contributed by atoms with Gasteiger partial charge < -0.3 is 15.0 Å². The second-order valence-electron chi connectivity index (χ2n) is 8.90. The highest BCUT2D eigenvalue weighted by molar-refractivity contribution is 7.92. The summed E-state index contributed by atoms with van der Waals surface area (Å²) in [6.45, 7) is 5.46. The Hall–Kier alpha value is -3.21. The second-order valence-corrected chi connectivity index (χ2v) is 10.8. The van der Waals surface area contributed by atoms with Gasteiger partial charge >= 0.3 is 0 Å². The van der Waals surface area contributed by atoms with Crippen LogP contribution in [0.1, 0.15) is 45.6 Å². The summed E-state index contributed by atoms with van der Waals surface area (Å²) in [4.78, 5) is 27.6. The van der Waals surface area contributed by atoms with Crippen molar-refractivity contribution in [3.63, 3.8) is 0 Å². The van der Waals surface area contributed by atoms with Gasteiger partial charge in [-0.1, -0.05) is 19.1 Å². The maximum atomic E-state index is 13.7. The molecule has 0 bridgehead atoms. The van der Waals surface area contributed by atoms with Crippen LogP contribution in [0.25, 0.3) is 0 Å². The first-order chi connectivity index (χ1) is 17.4. The Morgan fingerprint density at radius 2 is 1.78 bits per heavy atom. The lowest BCUT2D eigenvalue weighted by molar-refractivity contribution is -0.140. The topological polar surface area (TPSA) is 96.0 Å². The van der Waals surface area contributed by atoms with Crippen LogP contribution in [0.15, 0.2) is 42.5 Å². The molecule has 2 amide bonds. The van der Waals surface area contributed by atoms with Gasteiger partial charge in [0.25, 0.3) is 0 Å². The van der Waals surface area contributed by atoms with Crippen molar-refractivity contribution < 1.29 is 31.5 Å². The molecule has 1 N–H and O–H groups in total. The molecule has 0 heterocycles. The molecule has 2 unspecified atom stereocenters. The molecule has 0 radical (unpaired) electrons. The van der Waals surface area contributed by atoms with Gasteiger partial charge in [-0.05, 0) is 56.5 Å². The van der Waals surface area contributed by atoms with Crippen LogP contribution in [0.5, 0.6) is 5.75 Å². The lowest BCUT2D eigenvalue weighted by Gasteiger charge is -2.30. The van der Waals surface area contributed by atoms with Crippen LogP contribution in [0.4, 0.5) is 14.5 Å². The molecule has 0 aliphatic carbocycles. The molecule has 2 aromatic rings. The van der Waals surface area contributed by atoms with Crippen LogP contribution < -0.4 is 14.4 Å². The second kappa shape index (κ2) is 13.4. The molecule has 204 valence electrons. The van der Waals surface area contributed by atoms with Crippen molar-refractivity contribution in [2.75, 3.05) is 24.2 Å². The smallest absolute Gasteiger partial charge is 0.242 e. The molecule has 8 nitrogen and oxygen atoms in total. The van der Waals surface area contributed by atoms with Crippen LogP contribution in [0.2, 0.25) is 0 Å². The highest BCUT2D eigenvalue weighted by atomic mass is 32.2. The highest BCUT2D eigenvalue weighted by Gasteiger charge is 2.27. The predicted molar refractivity (Wildman–Crippen MR) is 139 cm³/mol. The van der Waals surface area contributed by atoms with E-state index >= 15 is 0 Å². The van der Waals surface area contributed by atoms with Crippen molar-refractivity contribution in [1.82, 2.24) is 10.2 Å². The summed E-state index contributed by atoms with van der Waals surface area (Å²) in [5.41, 5.74) is 0.721. The van der Waals surface area contributed by atoms with E-state index in [4.69, 9.17) is 4.74 Å². The molecule has 0 fully saturated rings. The van der Waals surface area contributed by atoms with E-state index in [-0.39, 0.29) is 49.5 Å². The highest BCUT2D eigenvalue weighted by Crippen LogP contribution is 2.22. The number of methoxy groups -OCH3 is 1. The van der Waals surface area contributed by atoms with E-state index in [1.165, 1.54) is 12.0 Å². The molecule has 0 saturated heterocycles. The van der Waals surface area contributed by atoms with Crippen LogP contribution in [-0.4, -0.2) is 57.1 Å². The van der Waals surface area contributed by atoms with E-state index in [2.05, 4.69) is 5.32 Å². The molecule has 0 aliphatic rings. The monoisotopic (exact) mass is 539 g/mol. The number of rotatable bonds is 13. The van der Waals surface area contributed by atoms with Gasteiger partial charge in [0.05, 0.1) is 19.1 Å².